The van der Waals surface area contributed by atoms with Crippen molar-refractivity contribution in [3.8, 4) is 0 Å². The highest BCUT2D eigenvalue weighted by Crippen LogP contribution is 2.32. The molecule has 8 heteroatoms. The zero-order valence-electron chi connectivity index (χ0n) is 14.2. The fourth-order valence-electron chi connectivity index (χ4n) is 2.66. The van der Waals surface area contributed by atoms with Crippen LogP contribution in [0.2, 0.25) is 0 Å². The normalized spacial score (nSPS) is 14.1. The number of carbonyl (C=O) groups excluding carboxylic acids is 2. The topological polar surface area (TPSA) is 92.1 Å². The number of halogens is 2. The number of hydrogen-bond donors (Lipinski definition) is 0. The fourth-order valence-corrected chi connectivity index (χ4v) is 3.82. The van der Waals surface area contributed by atoms with Gasteiger partial charge in [0.25, 0.3) is 0 Å². The van der Waals surface area contributed by atoms with E-state index in [4.69, 9.17) is 10.3 Å². The molecule has 6 nitrogen and oxygen atoms in total. The van der Waals surface area contributed by atoms with Gasteiger partial charge < -0.3 is 4.74 Å². The highest BCUT2D eigenvalue weighted by Gasteiger charge is 2.34. The lowest BCUT2D eigenvalue weighted by atomic mass is 9.75. The molecule has 0 saturated heterocycles. The molecule has 0 aliphatic carbocycles. The number of ketones is 1. The fraction of sp³-hybridized carbons (Fsp3) is 0.529. The molecule has 0 heterocycles. The van der Waals surface area contributed by atoms with E-state index >= 15 is 0 Å². The van der Waals surface area contributed by atoms with Crippen molar-refractivity contribution in [3.05, 3.63) is 43.8 Å². The summed E-state index contributed by atoms with van der Waals surface area (Å²) in [6.45, 7) is 3.37. The van der Waals surface area contributed by atoms with E-state index in [1.807, 2.05) is 31.2 Å². The number of Topliss-reactive ketones (excluding diaryl/α,β-unsaturated/α-hetero) is 1. The van der Waals surface area contributed by atoms with Gasteiger partial charge in [0, 0.05) is 15.4 Å². The molecule has 2 unspecified atom stereocenters. The summed E-state index contributed by atoms with van der Waals surface area (Å²) in [5.41, 5.74) is 8.80. The second kappa shape index (κ2) is 10.8. The second-order valence-corrected chi connectivity index (χ2v) is 7.74. The van der Waals surface area contributed by atoms with Gasteiger partial charge in [-0.2, -0.15) is 0 Å². The van der Waals surface area contributed by atoms with E-state index in [1.54, 1.807) is 0 Å². The lowest BCUT2D eigenvalue weighted by molar-refractivity contribution is -0.146. The summed E-state index contributed by atoms with van der Waals surface area (Å²) in [4.78, 5) is 26.5. The van der Waals surface area contributed by atoms with E-state index in [2.05, 4.69) is 48.5 Å². The van der Waals surface area contributed by atoms with Crippen LogP contribution >= 0.6 is 38.5 Å². The first-order chi connectivity index (χ1) is 11.8. The van der Waals surface area contributed by atoms with Gasteiger partial charge in [0.1, 0.15) is 6.10 Å². The molecule has 0 bridgehead atoms. The molecule has 0 radical (unpaired) electrons. The summed E-state index contributed by atoms with van der Waals surface area (Å²) in [6, 6.07) is 7.91. The van der Waals surface area contributed by atoms with Gasteiger partial charge in [0.05, 0.1) is 17.3 Å². The van der Waals surface area contributed by atoms with Crippen LogP contribution < -0.4 is 0 Å². The van der Waals surface area contributed by atoms with Crippen molar-refractivity contribution < 1.29 is 14.3 Å². The zero-order valence-corrected chi connectivity index (χ0v) is 18.0. The van der Waals surface area contributed by atoms with Gasteiger partial charge in [0.2, 0.25) is 0 Å². The van der Waals surface area contributed by atoms with Crippen LogP contribution in [0, 0.1) is 3.57 Å². The first-order valence-corrected chi connectivity index (χ1v) is 10.1. The third-order valence-corrected chi connectivity index (χ3v) is 5.26. The predicted molar refractivity (Wildman–Crippen MR) is 109 cm³/mol. The Balaban J connectivity index is 2.86. The Hall–Kier alpha value is -1.12. The van der Waals surface area contributed by atoms with Crippen molar-refractivity contribution in [2.75, 3.05) is 11.9 Å². The molecule has 1 aromatic carbocycles. The lowest BCUT2D eigenvalue weighted by Crippen LogP contribution is -2.34. The van der Waals surface area contributed by atoms with Crippen molar-refractivity contribution in [2.24, 2.45) is 5.11 Å². The minimum atomic E-state index is -0.621. The van der Waals surface area contributed by atoms with Gasteiger partial charge >= 0.3 is 5.97 Å². The third-order valence-electron chi connectivity index (χ3n) is 4.08. The smallest absolute Gasteiger partial charge is 0.302 e. The molecule has 0 N–H and O–H groups in total. The minimum absolute atomic E-state index is 0.0996. The highest BCUT2D eigenvalue weighted by atomic mass is 127. The minimum Gasteiger partial charge on any atom is -0.462 e. The van der Waals surface area contributed by atoms with Crippen LogP contribution in [-0.2, 0) is 19.7 Å². The number of benzene rings is 1. The molecule has 0 amide bonds. The number of ether oxygens (including phenoxy) is 1. The average molecular weight is 522 g/mol. The van der Waals surface area contributed by atoms with Crippen molar-refractivity contribution in [1.82, 2.24) is 0 Å². The maximum Gasteiger partial charge on any atom is 0.302 e. The predicted octanol–water partition coefficient (Wildman–Crippen LogP) is 4.93. The number of alkyl halides is 1. The van der Waals surface area contributed by atoms with Crippen LogP contribution in [0.25, 0.3) is 10.4 Å². The molecule has 25 heavy (non-hydrogen) atoms. The van der Waals surface area contributed by atoms with Gasteiger partial charge in [0.15, 0.2) is 5.78 Å². The molecule has 0 fully saturated rings. The molecule has 136 valence electrons. The van der Waals surface area contributed by atoms with Crippen LogP contribution in [0.3, 0.4) is 0 Å². The van der Waals surface area contributed by atoms with Gasteiger partial charge in [-0.25, -0.2) is 0 Å². The van der Waals surface area contributed by atoms with Gasteiger partial charge in [-0.1, -0.05) is 33.2 Å². The quantitative estimate of drug-likeness (QED) is 0.109. The molecule has 1 rings (SSSR count). The second-order valence-electron chi connectivity index (χ2n) is 5.94. The molecular weight excluding hydrogens is 501 g/mol. The van der Waals surface area contributed by atoms with Gasteiger partial charge in [-0.3, -0.25) is 9.59 Å². The Morgan fingerprint density at radius 3 is 2.76 bits per heavy atom. The monoisotopic (exact) mass is 521 g/mol. The molecule has 2 atom stereocenters. The summed E-state index contributed by atoms with van der Waals surface area (Å²) in [5, 5.41) is 3.77. The van der Waals surface area contributed by atoms with E-state index in [-0.39, 0.29) is 17.7 Å². The largest absolute Gasteiger partial charge is 0.462 e. The summed E-state index contributed by atoms with van der Waals surface area (Å²) < 4.78 is 6.25. The molecule has 1 aromatic rings. The Morgan fingerprint density at radius 2 is 2.20 bits per heavy atom. The summed E-state index contributed by atoms with van der Waals surface area (Å²) >= 11 is 5.51. The van der Waals surface area contributed by atoms with E-state index in [0.29, 0.717) is 19.3 Å². The number of hydrogen-bond acceptors (Lipinski definition) is 4. The molecule has 0 saturated carbocycles. The Bertz CT molecular complexity index is 660. The Morgan fingerprint density at radius 1 is 1.48 bits per heavy atom. The number of rotatable bonds is 10. The number of azide groups is 1. The molecule has 0 spiro atoms. The first-order valence-electron chi connectivity index (χ1n) is 7.87. The van der Waals surface area contributed by atoms with Crippen molar-refractivity contribution in [3.63, 3.8) is 0 Å². The van der Waals surface area contributed by atoms with Gasteiger partial charge in [-0.15, -0.1) is 0 Å². The average Bonchev–Trinajstić information content (AvgIpc) is 2.58. The summed E-state index contributed by atoms with van der Waals surface area (Å²) in [6.07, 6.45) is 1.35. The molecule has 0 aromatic heterocycles. The SMILES string of the molecule is CC(=O)OC(CCCC(C)(C(=O)CBr)c1cccc(I)c1)CN=[N+]=[N-]. The lowest BCUT2D eigenvalue weighted by Gasteiger charge is -2.29. The molecule has 0 aliphatic heterocycles. The number of esters is 1. The number of nitrogens with zero attached hydrogens (tertiary/aromatic N) is 3. The van der Waals surface area contributed by atoms with Crippen molar-refractivity contribution in [1.29, 1.82) is 0 Å². The molecular formula is C17H21BrIN3O3. The van der Waals surface area contributed by atoms with Gasteiger partial charge in [-0.05, 0) is 72.0 Å². The van der Waals surface area contributed by atoms with Crippen LogP contribution in [0.5, 0.6) is 0 Å². The molecule has 0 aliphatic rings. The summed E-state index contributed by atoms with van der Waals surface area (Å²) in [7, 11) is 0. The maximum atomic E-state index is 12.6. The first kappa shape index (κ1) is 21.9. The standard InChI is InChI=1S/C17H21BrIN3O3/c1-12(23)25-15(11-21-22-20)7-4-8-17(2,16(24)10-18)13-5-3-6-14(19)9-13/h3,5-6,9,15H,4,7-8,10-11H2,1-2H3. The van der Waals surface area contributed by atoms with E-state index in [0.717, 1.165) is 9.13 Å². The van der Waals surface area contributed by atoms with Crippen molar-refractivity contribution in [2.45, 2.75) is 44.6 Å². The van der Waals surface area contributed by atoms with E-state index in [1.165, 1.54) is 6.92 Å². The Kier molecular flexibility index (Phi) is 9.45. The highest BCUT2D eigenvalue weighted by molar-refractivity contribution is 14.1. The van der Waals surface area contributed by atoms with Crippen LogP contribution in [0.4, 0.5) is 0 Å². The van der Waals surface area contributed by atoms with E-state index < -0.39 is 17.5 Å². The van der Waals surface area contributed by atoms with Crippen molar-refractivity contribution >= 4 is 50.3 Å². The maximum absolute atomic E-state index is 12.6. The third kappa shape index (κ3) is 6.95. The summed E-state index contributed by atoms with van der Waals surface area (Å²) in [5.74, 6) is -0.302. The van der Waals surface area contributed by atoms with Crippen LogP contribution in [0.1, 0.15) is 38.7 Å². The number of carbonyl (C=O) groups is 2. The Labute approximate surface area is 169 Å². The zero-order chi connectivity index (χ0) is 18.9. The van der Waals surface area contributed by atoms with Crippen LogP contribution in [-0.4, -0.2) is 29.7 Å². The van der Waals surface area contributed by atoms with E-state index in [9.17, 15) is 9.59 Å². The van der Waals surface area contributed by atoms with Crippen LogP contribution in [0.15, 0.2) is 29.4 Å².